The lowest BCUT2D eigenvalue weighted by atomic mass is 10.0. The number of allylic oxidation sites excluding steroid dienone is 6. The van der Waals surface area contributed by atoms with Gasteiger partial charge >= 0.3 is 17.9 Å². The third kappa shape index (κ3) is 60.4. The molecule has 0 aliphatic carbocycles. The molecule has 0 aromatic rings. The van der Waals surface area contributed by atoms with E-state index in [9.17, 15) is 14.4 Å². The highest BCUT2D eigenvalue weighted by Crippen LogP contribution is 2.18. The number of hydrogen-bond donors (Lipinski definition) is 0. The Labute approximate surface area is 455 Å². The first-order valence-corrected chi connectivity index (χ1v) is 32.5. The molecule has 6 heteroatoms. The molecule has 0 N–H and O–H groups in total. The van der Waals surface area contributed by atoms with Crippen LogP contribution in [0.3, 0.4) is 0 Å². The molecule has 6 nitrogen and oxygen atoms in total. The SMILES string of the molecule is CCCCCCC/C=C\C/C=C\C/C=C\CCCCCCCCCCCCCCCCCCCCC(=O)OCC(COC(=O)CCCCCCC)OC(=O)CCCCCCCCCCCCCCCCCCC. The van der Waals surface area contributed by atoms with Crippen LogP contribution in [0.5, 0.6) is 0 Å². The molecule has 428 valence electrons. The van der Waals surface area contributed by atoms with Crippen LogP contribution in [-0.2, 0) is 28.6 Å². The highest BCUT2D eigenvalue weighted by atomic mass is 16.6. The van der Waals surface area contributed by atoms with Crippen molar-refractivity contribution < 1.29 is 28.6 Å². The molecule has 0 aromatic carbocycles. The lowest BCUT2D eigenvalue weighted by molar-refractivity contribution is -0.167. The molecule has 0 amide bonds. The number of rotatable bonds is 60. The van der Waals surface area contributed by atoms with Gasteiger partial charge in [-0.15, -0.1) is 0 Å². The Morgan fingerprint density at radius 1 is 0.274 bits per heavy atom. The molecule has 0 bridgehead atoms. The molecule has 0 aliphatic heterocycles. The minimum Gasteiger partial charge on any atom is -0.462 e. The van der Waals surface area contributed by atoms with Crippen LogP contribution in [0.25, 0.3) is 0 Å². The van der Waals surface area contributed by atoms with Crippen molar-refractivity contribution in [1.29, 1.82) is 0 Å². The van der Waals surface area contributed by atoms with Crippen LogP contribution in [0, 0.1) is 0 Å². The second kappa shape index (κ2) is 62.2. The molecule has 1 unspecified atom stereocenters. The second-order valence-electron chi connectivity index (χ2n) is 22.0. The molecule has 0 spiro atoms. The minimum atomic E-state index is -0.764. The summed E-state index contributed by atoms with van der Waals surface area (Å²) in [5, 5.41) is 0. The van der Waals surface area contributed by atoms with Gasteiger partial charge in [0.1, 0.15) is 13.2 Å². The molecule has 0 aromatic heterocycles. The van der Waals surface area contributed by atoms with Crippen molar-refractivity contribution in [3.05, 3.63) is 36.5 Å². The number of ether oxygens (including phenoxy) is 3. The van der Waals surface area contributed by atoms with E-state index in [1.54, 1.807) is 0 Å². The Bertz CT molecular complexity index is 1220. The highest BCUT2D eigenvalue weighted by molar-refractivity contribution is 5.71. The summed E-state index contributed by atoms with van der Waals surface area (Å²) >= 11 is 0. The molecule has 1 atom stereocenters. The highest BCUT2D eigenvalue weighted by Gasteiger charge is 2.19. The quantitative estimate of drug-likeness (QED) is 0.0261. The number of unbranched alkanes of at least 4 members (excludes halogenated alkanes) is 43. The van der Waals surface area contributed by atoms with E-state index in [-0.39, 0.29) is 31.1 Å². The summed E-state index contributed by atoms with van der Waals surface area (Å²) in [4.78, 5) is 37.9. The fourth-order valence-corrected chi connectivity index (χ4v) is 9.75. The molecule has 0 saturated heterocycles. The number of esters is 3. The van der Waals surface area contributed by atoms with Crippen LogP contribution >= 0.6 is 0 Å². The average Bonchev–Trinajstić information content (AvgIpc) is 3.39. The molecule has 0 heterocycles. The molecule has 73 heavy (non-hydrogen) atoms. The van der Waals surface area contributed by atoms with Gasteiger partial charge in [0.15, 0.2) is 6.10 Å². The van der Waals surface area contributed by atoms with Crippen LogP contribution < -0.4 is 0 Å². The van der Waals surface area contributed by atoms with Crippen molar-refractivity contribution in [3.63, 3.8) is 0 Å². The van der Waals surface area contributed by atoms with Gasteiger partial charge in [0.05, 0.1) is 0 Å². The van der Waals surface area contributed by atoms with E-state index < -0.39 is 6.10 Å². The van der Waals surface area contributed by atoms with Crippen molar-refractivity contribution in [1.82, 2.24) is 0 Å². The summed E-state index contributed by atoms with van der Waals surface area (Å²) in [5.41, 5.74) is 0. The van der Waals surface area contributed by atoms with Gasteiger partial charge in [-0.05, 0) is 57.8 Å². The molecule has 0 fully saturated rings. The van der Waals surface area contributed by atoms with Gasteiger partial charge in [0, 0.05) is 19.3 Å². The molecular formula is C67H124O6. The molecule has 0 rings (SSSR count). The summed E-state index contributed by atoms with van der Waals surface area (Å²) in [7, 11) is 0. The maximum absolute atomic E-state index is 12.8. The lowest BCUT2D eigenvalue weighted by Crippen LogP contribution is -2.30. The smallest absolute Gasteiger partial charge is 0.306 e. The maximum atomic E-state index is 12.8. The van der Waals surface area contributed by atoms with Crippen molar-refractivity contribution in [3.8, 4) is 0 Å². The zero-order chi connectivity index (χ0) is 52.9. The third-order valence-electron chi connectivity index (χ3n) is 14.6. The van der Waals surface area contributed by atoms with E-state index >= 15 is 0 Å². The van der Waals surface area contributed by atoms with E-state index in [1.807, 2.05) is 0 Å². The second-order valence-corrected chi connectivity index (χ2v) is 22.0. The molecular weight excluding hydrogens is 901 g/mol. The fraction of sp³-hybridized carbons (Fsp3) is 0.866. The van der Waals surface area contributed by atoms with E-state index in [4.69, 9.17) is 14.2 Å². The maximum Gasteiger partial charge on any atom is 0.306 e. The summed E-state index contributed by atoms with van der Waals surface area (Å²) in [6, 6.07) is 0. The van der Waals surface area contributed by atoms with Gasteiger partial charge in [-0.2, -0.15) is 0 Å². The first-order valence-electron chi connectivity index (χ1n) is 32.5. The van der Waals surface area contributed by atoms with Crippen LogP contribution in [-0.4, -0.2) is 37.2 Å². The topological polar surface area (TPSA) is 78.9 Å². The zero-order valence-electron chi connectivity index (χ0n) is 49.2. The van der Waals surface area contributed by atoms with Gasteiger partial charge in [-0.3, -0.25) is 14.4 Å². The summed E-state index contributed by atoms with van der Waals surface area (Å²) in [6.07, 6.45) is 76.5. The number of carbonyl (C=O) groups excluding carboxylic acids is 3. The molecule has 0 saturated carbocycles. The predicted molar refractivity (Wildman–Crippen MR) is 316 cm³/mol. The van der Waals surface area contributed by atoms with Crippen molar-refractivity contribution in [2.24, 2.45) is 0 Å². The van der Waals surface area contributed by atoms with Gasteiger partial charge in [0.25, 0.3) is 0 Å². The zero-order valence-corrected chi connectivity index (χ0v) is 49.2. The number of hydrogen-bond acceptors (Lipinski definition) is 6. The van der Waals surface area contributed by atoms with Crippen LogP contribution in [0.2, 0.25) is 0 Å². The van der Waals surface area contributed by atoms with Gasteiger partial charge in [0.2, 0.25) is 0 Å². The van der Waals surface area contributed by atoms with E-state index in [0.717, 1.165) is 77.0 Å². The van der Waals surface area contributed by atoms with Crippen LogP contribution in [0.4, 0.5) is 0 Å². The Kier molecular flexibility index (Phi) is 60.2. The van der Waals surface area contributed by atoms with E-state index in [0.29, 0.717) is 19.3 Å². The Balaban J connectivity index is 3.90. The summed E-state index contributed by atoms with van der Waals surface area (Å²) in [5.74, 6) is -0.858. The fourth-order valence-electron chi connectivity index (χ4n) is 9.75. The van der Waals surface area contributed by atoms with Crippen molar-refractivity contribution in [2.75, 3.05) is 13.2 Å². The van der Waals surface area contributed by atoms with Crippen LogP contribution in [0.15, 0.2) is 36.5 Å². The molecule has 0 radical (unpaired) electrons. The van der Waals surface area contributed by atoms with Crippen LogP contribution in [0.1, 0.15) is 355 Å². The Morgan fingerprint density at radius 3 is 0.767 bits per heavy atom. The predicted octanol–water partition coefficient (Wildman–Crippen LogP) is 22.0. The average molecular weight is 1030 g/mol. The first-order chi connectivity index (χ1) is 36.0. The largest absolute Gasteiger partial charge is 0.462 e. The van der Waals surface area contributed by atoms with Crippen molar-refractivity contribution >= 4 is 17.9 Å². The Morgan fingerprint density at radius 2 is 0.493 bits per heavy atom. The third-order valence-corrected chi connectivity index (χ3v) is 14.6. The van der Waals surface area contributed by atoms with Gasteiger partial charge in [-0.1, -0.05) is 314 Å². The summed E-state index contributed by atoms with van der Waals surface area (Å²) in [6.45, 7) is 6.60. The first kappa shape index (κ1) is 70.6. The van der Waals surface area contributed by atoms with Gasteiger partial charge in [-0.25, -0.2) is 0 Å². The minimum absolute atomic E-state index is 0.0665. The van der Waals surface area contributed by atoms with E-state index in [1.165, 1.54) is 238 Å². The number of carbonyl (C=O) groups is 3. The standard InChI is InChI=1S/C67H124O6/c1-4-7-10-13-15-17-19-21-23-25-26-27-28-29-30-31-32-33-34-35-36-37-38-39-40-42-43-45-47-49-51-54-57-60-66(69)72-63-64(62-71-65(68)59-56-53-12-9-6-3)73-67(70)61-58-55-52-50-48-46-44-41-24-22-20-18-16-14-11-8-5-2/h19,21,25-26,28-29,64H,4-18,20,22-24,27,30-63H2,1-3H3/b21-19-,26-25-,29-28-. The molecule has 0 aliphatic rings. The van der Waals surface area contributed by atoms with E-state index in [2.05, 4.69) is 57.2 Å². The monoisotopic (exact) mass is 1020 g/mol. The van der Waals surface area contributed by atoms with Crippen molar-refractivity contribution in [2.45, 2.75) is 361 Å². The lowest BCUT2D eigenvalue weighted by Gasteiger charge is -2.18. The summed E-state index contributed by atoms with van der Waals surface area (Å²) < 4.78 is 16.8. The Hall–Kier alpha value is -2.37. The normalized spacial score (nSPS) is 12.2. The van der Waals surface area contributed by atoms with Gasteiger partial charge < -0.3 is 14.2 Å².